The highest BCUT2D eigenvalue weighted by atomic mass is 19.1. The Hall–Kier alpha value is -1.62. The fraction of sp³-hybridized carbons (Fsp3) is 0.417. The molecule has 1 unspecified atom stereocenters. The Balaban J connectivity index is 2.25. The topological polar surface area (TPSA) is 41.6 Å². The molecule has 1 N–H and O–H groups in total. The molecule has 1 atom stereocenters. The van der Waals surface area contributed by atoms with Gasteiger partial charge in [-0.3, -0.25) is 4.90 Å². The van der Waals surface area contributed by atoms with Crippen LogP contribution in [0.1, 0.15) is 6.92 Å². The minimum Gasteiger partial charge on any atom is -0.440 e. The molecule has 0 aliphatic carbocycles. The van der Waals surface area contributed by atoms with Gasteiger partial charge in [0.25, 0.3) is 0 Å². The molecule has 0 aromatic heterocycles. The van der Waals surface area contributed by atoms with Gasteiger partial charge in [-0.2, -0.15) is 0 Å². The lowest BCUT2D eigenvalue weighted by atomic mass is 10.1. The monoisotopic (exact) mass is 238 g/mol. The average molecular weight is 238 g/mol. The predicted octanol–water partition coefficient (Wildman–Crippen LogP) is 1.76. The maximum Gasteiger partial charge on any atom is 0.415 e. The summed E-state index contributed by atoms with van der Waals surface area (Å²) >= 11 is 0. The van der Waals surface area contributed by atoms with E-state index in [1.54, 1.807) is 25.2 Å². The summed E-state index contributed by atoms with van der Waals surface area (Å²) < 4.78 is 18.9. The highest BCUT2D eigenvalue weighted by molar-refractivity contribution is 5.90. The largest absolute Gasteiger partial charge is 0.440 e. The van der Waals surface area contributed by atoms with Crippen LogP contribution in [0.5, 0.6) is 0 Å². The van der Waals surface area contributed by atoms with Crippen LogP contribution in [0.3, 0.4) is 0 Å². The Kier molecular flexibility index (Phi) is 3.02. The van der Waals surface area contributed by atoms with Crippen molar-refractivity contribution in [2.24, 2.45) is 0 Å². The van der Waals surface area contributed by atoms with Gasteiger partial charge in [0.2, 0.25) is 0 Å². The molecule has 1 fully saturated rings. The molecule has 2 rings (SSSR count). The maximum atomic E-state index is 13.6. The third-order valence-corrected chi connectivity index (χ3v) is 2.74. The molecule has 0 saturated carbocycles. The van der Waals surface area contributed by atoms with Crippen molar-refractivity contribution in [1.29, 1.82) is 0 Å². The van der Waals surface area contributed by atoms with Crippen molar-refractivity contribution >= 4 is 11.8 Å². The lowest BCUT2D eigenvalue weighted by molar-refractivity contribution is 0.0734. The molecule has 1 aliphatic rings. The minimum atomic E-state index is -0.617. The summed E-state index contributed by atoms with van der Waals surface area (Å²) in [4.78, 5) is 13.1. The SMILES string of the molecule is CNCC1(C)CN(c2ccccc2F)C(=O)O1. The highest BCUT2D eigenvalue weighted by Gasteiger charge is 2.42. The van der Waals surface area contributed by atoms with Crippen LogP contribution < -0.4 is 10.2 Å². The van der Waals surface area contributed by atoms with Crippen LogP contribution in [0.15, 0.2) is 24.3 Å². The molecule has 4 nitrogen and oxygen atoms in total. The van der Waals surface area contributed by atoms with Crippen LogP contribution in [0.4, 0.5) is 14.9 Å². The molecule has 92 valence electrons. The molecule has 0 bridgehead atoms. The molecule has 0 spiro atoms. The Morgan fingerprint density at radius 2 is 2.24 bits per heavy atom. The molecular formula is C12H15FN2O2. The molecule has 1 aromatic rings. The lowest BCUT2D eigenvalue weighted by Gasteiger charge is -2.21. The first-order valence-electron chi connectivity index (χ1n) is 5.45. The molecule has 17 heavy (non-hydrogen) atoms. The Morgan fingerprint density at radius 3 is 2.88 bits per heavy atom. The summed E-state index contributed by atoms with van der Waals surface area (Å²) in [7, 11) is 1.78. The van der Waals surface area contributed by atoms with Crippen LogP contribution in [-0.2, 0) is 4.74 Å². The number of hydrogen-bond donors (Lipinski definition) is 1. The van der Waals surface area contributed by atoms with E-state index in [9.17, 15) is 9.18 Å². The van der Waals surface area contributed by atoms with E-state index in [4.69, 9.17) is 4.74 Å². The molecule has 1 aromatic carbocycles. The van der Waals surface area contributed by atoms with Gasteiger partial charge < -0.3 is 10.1 Å². The second-order valence-corrected chi connectivity index (χ2v) is 4.39. The molecule has 1 saturated heterocycles. The molecule has 0 radical (unpaired) electrons. The van der Waals surface area contributed by atoms with Crippen LogP contribution in [-0.4, -0.2) is 31.8 Å². The van der Waals surface area contributed by atoms with Gasteiger partial charge in [-0.1, -0.05) is 12.1 Å². The van der Waals surface area contributed by atoms with Gasteiger partial charge in [-0.15, -0.1) is 0 Å². The number of anilines is 1. The number of para-hydroxylation sites is 1. The standard InChI is InChI=1S/C12H15FN2O2/c1-12(7-14-2)8-15(11(16)17-12)10-6-4-3-5-9(10)13/h3-6,14H,7-8H2,1-2H3. The van der Waals surface area contributed by atoms with Crippen molar-refractivity contribution in [1.82, 2.24) is 5.32 Å². The number of halogens is 1. The average Bonchev–Trinajstić information content (AvgIpc) is 2.55. The van der Waals surface area contributed by atoms with Crippen LogP contribution >= 0.6 is 0 Å². The Labute approximate surface area is 99.4 Å². The normalized spacial score (nSPS) is 23.9. The smallest absolute Gasteiger partial charge is 0.415 e. The van der Waals surface area contributed by atoms with Gasteiger partial charge in [-0.25, -0.2) is 9.18 Å². The minimum absolute atomic E-state index is 0.261. The third kappa shape index (κ3) is 2.24. The number of nitrogens with zero attached hydrogens (tertiary/aromatic N) is 1. The second-order valence-electron chi connectivity index (χ2n) is 4.39. The fourth-order valence-corrected chi connectivity index (χ4v) is 2.02. The first-order chi connectivity index (χ1) is 8.06. The first kappa shape index (κ1) is 11.9. The Bertz CT molecular complexity index is 438. The summed E-state index contributed by atoms with van der Waals surface area (Å²) in [6.07, 6.45) is -0.507. The van der Waals surface area contributed by atoms with Crippen molar-refractivity contribution in [3.8, 4) is 0 Å². The Morgan fingerprint density at radius 1 is 1.53 bits per heavy atom. The van der Waals surface area contributed by atoms with Gasteiger partial charge in [0.1, 0.15) is 11.4 Å². The summed E-state index contributed by atoms with van der Waals surface area (Å²) in [5.41, 5.74) is -0.356. The number of ether oxygens (including phenoxy) is 1. The van der Waals surface area contributed by atoms with Crippen molar-refractivity contribution < 1.29 is 13.9 Å². The van der Waals surface area contributed by atoms with Gasteiger partial charge >= 0.3 is 6.09 Å². The molecule has 5 heteroatoms. The quantitative estimate of drug-likeness (QED) is 0.872. The number of carbonyl (C=O) groups excluding carboxylic acids is 1. The number of rotatable bonds is 3. The van der Waals surface area contributed by atoms with E-state index in [-0.39, 0.29) is 5.69 Å². The van der Waals surface area contributed by atoms with Gasteiger partial charge in [-0.05, 0) is 26.1 Å². The van der Waals surface area contributed by atoms with E-state index >= 15 is 0 Å². The van der Waals surface area contributed by atoms with E-state index < -0.39 is 17.5 Å². The maximum absolute atomic E-state index is 13.6. The third-order valence-electron chi connectivity index (χ3n) is 2.74. The van der Waals surface area contributed by atoms with E-state index in [1.807, 2.05) is 6.92 Å². The number of nitrogens with one attached hydrogen (secondary N) is 1. The molecule has 1 aliphatic heterocycles. The second kappa shape index (κ2) is 4.33. The van der Waals surface area contributed by atoms with Crippen molar-refractivity contribution in [3.63, 3.8) is 0 Å². The zero-order valence-electron chi connectivity index (χ0n) is 9.87. The van der Waals surface area contributed by atoms with Crippen molar-refractivity contribution in [2.45, 2.75) is 12.5 Å². The van der Waals surface area contributed by atoms with E-state index in [0.717, 1.165) is 0 Å². The van der Waals surface area contributed by atoms with Gasteiger partial charge in [0, 0.05) is 6.54 Å². The zero-order chi connectivity index (χ0) is 12.5. The molecule has 1 amide bonds. The lowest BCUT2D eigenvalue weighted by Crippen LogP contribution is -2.40. The zero-order valence-corrected chi connectivity index (χ0v) is 9.87. The van der Waals surface area contributed by atoms with Crippen LogP contribution in [0, 0.1) is 5.82 Å². The van der Waals surface area contributed by atoms with Crippen LogP contribution in [0.2, 0.25) is 0 Å². The van der Waals surface area contributed by atoms with Crippen LogP contribution in [0.25, 0.3) is 0 Å². The van der Waals surface area contributed by atoms with E-state index in [2.05, 4.69) is 5.32 Å². The van der Waals surface area contributed by atoms with E-state index in [0.29, 0.717) is 13.1 Å². The summed E-state index contributed by atoms with van der Waals surface area (Å²) in [5.74, 6) is -0.418. The number of benzene rings is 1. The molecular weight excluding hydrogens is 223 g/mol. The number of likely N-dealkylation sites (N-methyl/N-ethyl adjacent to an activating group) is 1. The highest BCUT2D eigenvalue weighted by Crippen LogP contribution is 2.29. The molecule has 1 heterocycles. The number of carbonyl (C=O) groups is 1. The number of cyclic esters (lactones) is 1. The first-order valence-corrected chi connectivity index (χ1v) is 5.45. The number of hydrogen-bond acceptors (Lipinski definition) is 3. The summed E-state index contributed by atoms with van der Waals surface area (Å²) in [6, 6.07) is 6.19. The van der Waals surface area contributed by atoms with Gasteiger partial charge in [0.05, 0.1) is 12.2 Å². The van der Waals surface area contributed by atoms with E-state index in [1.165, 1.54) is 11.0 Å². The summed E-state index contributed by atoms with van der Waals surface area (Å²) in [6.45, 7) is 2.69. The fourth-order valence-electron chi connectivity index (χ4n) is 2.02. The van der Waals surface area contributed by atoms with Gasteiger partial charge in [0.15, 0.2) is 0 Å². The summed E-state index contributed by atoms with van der Waals surface area (Å²) in [5, 5.41) is 2.96. The van der Waals surface area contributed by atoms with Crippen molar-refractivity contribution in [3.05, 3.63) is 30.1 Å². The van der Waals surface area contributed by atoms with Crippen molar-refractivity contribution in [2.75, 3.05) is 25.0 Å². The predicted molar refractivity (Wildman–Crippen MR) is 62.6 cm³/mol. The number of amides is 1.